The maximum absolute atomic E-state index is 13.6. The number of hydrogen-bond acceptors (Lipinski definition) is 6. The van der Waals surface area contributed by atoms with Crippen LogP contribution in [0.2, 0.25) is 0 Å². The van der Waals surface area contributed by atoms with Crippen molar-refractivity contribution in [2.24, 2.45) is 0 Å². The second-order valence-electron chi connectivity index (χ2n) is 11.6. The maximum Gasteiger partial charge on any atom is 0.239 e. The molecule has 10 nitrogen and oxygen atoms in total. The van der Waals surface area contributed by atoms with Gasteiger partial charge >= 0.3 is 0 Å². The Hall–Kier alpha value is -4.93. The Labute approximate surface area is 261 Å². The fourth-order valence-corrected chi connectivity index (χ4v) is 6.30. The number of aryl methyl sites for hydroxylation is 2. The molecule has 2 atom stereocenters. The second kappa shape index (κ2) is 13.0. The minimum absolute atomic E-state index is 0.0496. The van der Waals surface area contributed by atoms with E-state index in [1.807, 2.05) is 36.5 Å². The lowest BCUT2D eigenvalue weighted by Gasteiger charge is -2.27. The van der Waals surface area contributed by atoms with Gasteiger partial charge in [-0.15, -0.1) is 10.2 Å². The van der Waals surface area contributed by atoms with Crippen LogP contribution in [0.15, 0.2) is 85.2 Å². The summed E-state index contributed by atoms with van der Waals surface area (Å²) in [5, 5.41) is 21.9. The van der Waals surface area contributed by atoms with Gasteiger partial charge in [0.1, 0.15) is 11.6 Å². The number of aromatic nitrogens is 5. The average molecular weight is 603 g/mol. The summed E-state index contributed by atoms with van der Waals surface area (Å²) in [4.78, 5) is 20.4. The highest BCUT2D eigenvalue weighted by Crippen LogP contribution is 2.26. The number of methoxy groups -OCH3 is 1. The number of carbonyl (C=O) groups is 1. The number of carbonyl (C=O) groups excluding carboxylic acids is 1. The highest BCUT2D eigenvalue weighted by molar-refractivity contribution is 5.85. The van der Waals surface area contributed by atoms with Gasteiger partial charge in [-0.1, -0.05) is 48.5 Å². The van der Waals surface area contributed by atoms with E-state index in [-0.39, 0.29) is 11.9 Å². The number of nitrogens with zero attached hydrogens (tertiary/aromatic N) is 3. The van der Waals surface area contributed by atoms with Gasteiger partial charge in [0.2, 0.25) is 5.91 Å². The fourth-order valence-electron chi connectivity index (χ4n) is 6.30. The van der Waals surface area contributed by atoms with Gasteiger partial charge < -0.3 is 35.2 Å². The Morgan fingerprint density at radius 1 is 0.911 bits per heavy atom. The van der Waals surface area contributed by atoms with Crippen molar-refractivity contribution < 1.29 is 9.53 Å². The van der Waals surface area contributed by atoms with Crippen LogP contribution in [-0.4, -0.2) is 63.4 Å². The van der Waals surface area contributed by atoms with Crippen LogP contribution >= 0.6 is 0 Å². The largest absolute Gasteiger partial charge is 0.497 e. The van der Waals surface area contributed by atoms with Crippen LogP contribution < -0.4 is 20.7 Å². The second-order valence-corrected chi connectivity index (χ2v) is 11.6. The molecule has 1 aliphatic heterocycles. The molecule has 1 fully saturated rings. The first kappa shape index (κ1) is 28.8. The summed E-state index contributed by atoms with van der Waals surface area (Å²) < 4.78 is 7.59. The first-order valence-electron chi connectivity index (χ1n) is 15.6. The quantitative estimate of drug-likeness (QED) is 0.153. The van der Waals surface area contributed by atoms with Crippen LogP contribution in [0.3, 0.4) is 0 Å². The molecule has 3 aromatic carbocycles. The Balaban J connectivity index is 1.25. The van der Waals surface area contributed by atoms with E-state index in [0.29, 0.717) is 25.9 Å². The summed E-state index contributed by atoms with van der Waals surface area (Å²) in [6.45, 7) is 2.74. The molecule has 4 heterocycles. The molecule has 0 bridgehead atoms. The van der Waals surface area contributed by atoms with Gasteiger partial charge in [-0.3, -0.25) is 4.79 Å². The van der Waals surface area contributed by atoms with E-state index in [9.17, 15) is 4.79 Å². The first-order chi connectivity index (χ1) is 22.2. The SMILES string of the molecule is COc1ccc(Cn2c(CCc3c[nH]c4ccccc34)nnc2C(Cc2c[nH]c3ccccc23)NC(=O)C2CNCCN2)cc1. The molecule has 0 aliphatic carbocycles. The number of aromatic amines is 2. The number of fused-ring (bicyclic) bond motifs is 2. The van der Waals surface area contributed by atoms with Gasteiger partial charge in [0.05, 0.1) is 25.7 Å². The van der Waals surface area contributed by atoms with Gasteiger partial charge in [-0.25, -0.2) is 0 Å². The predicted octanol–water partition coefficient (Wildman–Crippen LogP) is 4.04. The molecule has 0 radical (unpaired) electrons. The number of ether oxygens (including phenoxy) is 1. The van der Waals surface area contributed by atoms with Crippen LogP contribution in [0.25, 0.3) is 21.8 Å². The first-order valence-corrected chi connectivity index (χ1v) is 15.6. The van der Waals surface area contributed by atoms with Crippen molar-refractivity contribution in [2.45, 2.75) is 37.9 Å². The third-order valence-electron chi connectivity index (χ3n) is 8.73. The molecule has 7 rings (SSSR count). The molecule has 230 valence electrons. The van der Waals surface area contributed by atoms with Crippen LogP contribution in [0.5, 0.6) is 5.75 Å². The lowest BCUT2D eigenvalue weighted by atomic mass is 10.0. The van der Waals surface area contributed by atoms with Crippen LogP contribution in [0.1, 0.15) is 34.4 Å². The van der Waals surface area contributed by atoms with Crippen molar-refractivity contribution in [1.82, 2.24) is 40.7 Å². The minimum atomic E-state index is -0.395. The zero-order valence-electron chi connectivity index (χ0n) is 25.3. The van der Waals surface area contributed by atoms with Crippen LogP contribution in [0, 0.1) is 0 Å². The number of nitrogens with one attached hydrogen (secondary N) is 5. The van der Waals surface area contributed by atoms with Gasteiger partial charge in [-0.2, -0.15) is 0 Å². The molecule has 1 amide bonds. The van der Waals surface area contributed by atoms with Crippen molar-refractivity contribution in [3.05, 3.63) is 114 Å². The number of piperazine rings is 1. The number of rotatable bonds is 11. The number of benzene rings is 3. The fraction of sp³-hybridized carbons (Fsp3) is 0.286. The van der Waals surface area contributed by atoms with Crippen LogP contribution in [-0.2, 0) is 30.6 Å². The summed E-state index contributed by atoms with van der Waals surface area (Å²) >= 11 is 0. The summed E-state index contributed by atoms with van der Waals surface area (Å²) in [6.07, 6.45) is 6.20. The monoisotopic (exact) mass is 602 g/mol. The number of para-hydroxylation sites is 2. The molecule has 1 saturated heterocycles. The lowest BCUT2D eigenvalue weighted by molar-refractivity contribution is -0.124. The highest BCUT2D eigenvalue weighted by atomic mass is 16.5. The molecule has 0 spiro atoms. The Kier molecular flexibility index (Phi) is 8.31. The number of hydrogen-bond donors (Lipinski definition) is 5. The predicted molar refractivity (Wildman–Crippen MR) is 175 cm³/mol. The summed E-state index contributed by atoms with van der Waals surface area (Å²) in [6, 6.07) is 24.0. The topological polar surface area (TPSA) is 125 Å². The molecule has 1 aliphatic rings. The molecule has 0 saturated carbocycles. The normalized spacial score (nSPS) is 15.8. The molecule has 6 aromatic rings. The number of amides is 1. The molecule has 10 heteroatoms. The molecule has 2 unspecified atom stereocenters. The third kappa shape index (κ3) is 6.20. The van der Waals surface area contributed by atoms with Gasteiger partial charge in [-0.05, 0) is 47.4 Å². The average Bonchev–Trinajstić information content (AvgIpc) is 3.81. The Bertz CT molecular complexity index is 1900. The zero-order chi connectivity index (χ0) is 30.6. The molecule has 5 N–H and O–H groups in total. The molecular weight excluding hydrogens is 564 g/mol. The van der Waals surface area contributed by atoms with Gasteiger partial charge in [0.15, 0.2) is 5.82 Å². The lowest BCUT2D eigenvalue weighted by Crippen LogP contribution is -2.56. The van der Waals surface area contributed by atoms with E-state index in [1.54, 1.807) is 7.11 Å². The minimum Gasteiger partial charge on any atom is -0.497 e. The van der Waals surface area contributed by atoms with E-state index in [0.717, 1.165) is 64.5 Å². The van der Waals surface area contributed by atoms with Crippen molar-refractivity contribution in [3.8, 4) is 5.75 Å². The summed E-state index contributed by atoms with van der Waals surface area (Å²) in [5.41, 5.74) is 5.64. The van der Waals surface area contributed by atoms with Crippen LogP contribution in [0.4, 0.5) is 0 Å². The summed E-state index contributed by atoms with van der Waals surface area (Å²) in [5.74, 6) is 2.37. The van der Waals surface area contributed by atoms with E-state index in [2.05, 4.69) is 79.1 Å². The Morgan fingerprint density at radius 2 is 1.62 bits per heavy atom. The molecular formula is C35H38N8O2. The van der Waals surface area contributed by atoms with Gasteiger partial charge in [0.25, 0.3) is 0 Å². The number of H-pyrrole nitrogens is 2. The van der Waals surface area contributed by atoms with Crippen molar-refractivity contribution in [3.63, 3.8) is 0 Å². The van der Waals surface area contributed by atoms with Crippen molar-refractivity contribution in [1.29, 1.82) is 0 Å². The zero-order valence-corrected chi connectivity index (χ0v) is 25.3. The highest BCUT2D eigenvalue weighted by Gasteiger charge is 2.28. The standard InChI is InChI=1S/C35H38N8O2/c1-45-26-13-10-23(11-14-26)22-43-33(15-12-24-19-38-29-8-4-2-6-27(24)29)41-42-34(43)31(40-35(44)32-21-36-16-17-37-32)18-25-20-39-30-9-5-3-7-28(25)30/h2-11,13-14,19-20,31-32,36-39H,12,15-18,21-22H2,1H3,(H,40,44). The van der Waals surface area contributed by atoms with Gasteiger partial charge in [0, 0.05) is 66.7 Å². The van der Waals surface area contributed by atoms with E-state index < -0.39 is 6.04 Å². The van der Waals surface area contributed by atoms with Crippen molar-refractivity contribution in [2.75, 3.05) is 26.7 Å². The van der Waals surface area contributed by atoms with E-state index in [1.165, 1.54) is 10.9 Å². The smallest absolute Gasteiger partial charge is 0.239 e. The van der Waals surface area contributed by atoms with Crippen molar-refractivity contribution >= 4 is 27.7 Å². The third-order valence-corrected chi connectivity index (χ3v) is 8.73. The molecule has 3 aromatic heterocycles. The Morgan fingerprint density at radius 3 is 2.33 bits per heavy atom. The van der Waals surface area contributed by atoms with E-state index >= 15 is 0 Å². The molecule has 45 heavy (non-hydrogen) atoms. The maximum atomic E-state index is 13.6. The summed E-state index contributed by atoms with van der Waals surface area (Å²) in [7, 11) is 1.67. The van der Waals surface area contributed by atoms with E-state index in [4.69, 9.17) is 14.9 Å².